The van der Waals surface area contributed by atoms with Crippen LogP contribution in [-0.2, 0) is 0 Å². The molecule has 0 amide bonds. The standard InChI is InChI=1S/C15H23NO2/c1-11(2)18-14-7-6-12(9-15(14)17-3)13-5-4-8-16-10-13/h6-7,9,11,13,16H,4-5,8,10H2,1-3H3. The normalized spacial score (nSPS) is 19.9. The molecule has 1 aromatic carbocycles. The van der Waals surface area contributed by atoms with Crippen LogP contribution in [0.4, 0.5) is 0 Å². The van der Waals surface area contributed by atoms with E-state index in [-0.39, 0.29) is 6.10 Å². The highest BCUT2D eigenvalue weighted by atomic mass is 16.5. The van der Waals surface area contributed by atoms with Crippen molar-refractivity contribution in [3.05, 3.63) is 23.8 Å². The summed E-state index contributed by atoms with van der Waals surface area (Å²) in [4.78, 5) is 0. The molecule has 100 valence electrons. The summed E-state index contributed by atoms with van der Waals surface area (Å²) < 4.78 is 11.2. The van der Waals surface area contributed by atoms with Crippen LogP contribution in [0.1, 0.15) is 38.2 Å². The van der Waals surface area contributed by atoms with Gasteiger partial charge in [-0.3, -0.25) is 0 Å². The summed E-state index contributed by atoms with van der Waals surface area (Å²) in [6, 6.07) is 6.32. The molecule has 1 aliphatic heterocycles. The Kier molecular flexibility index (Phi) is 4.48. The van der Waals surface area contributed by atoms with Crippen molar-refractivity contribution in [2.75, 3.05) is 20.2 Å². The molecule has 1 heterocycles. The minimum atomic E-state index is 0.168. The Labute approximate surface area is 109 Å². The second kappa shape index (κ2) is 6.10. The number of nitrogens with one attached hydrogen (secondary N) is 1. The molecule has 0 bridgehead atoms. The first-order valence-corrected chi connectivity index (χ1v) is 6.76. The minimum absolute atomic E-state index is 0.168. The fourth-order valence-corrected chi connectivity index (χ4v) is 2.43. The van der Waals surface area contributed by atoms with Crippen LogP contribution in [0.25, 0.3) is 0 Å². The largest absolute Gasteiger partial charge is 0.493 e. The van der Waals surface area contributed by atoms with Gasteiger partial charge in [0.1, 0.15) is 0 Å². The lowest BCUT2D eigenvalue weighted by molar-refractivity contribution is 0.230. The minimum Gasteiger partial charge on any atom is -0.493 e. The van der Waals surface area contributed by atoms with Gasteiger partial charge in [0.25, 0.3) is 0 Å². The van der Waals surface area contributed by atoms with Crippen LogP contribution in [0.2, 0.25) is 0 Å². The van der Waals surface area contributed by atoms with Gasteiger partial charge in [0.15, 0.2) is 11.5 Å². The highest BCUT2D eigenvalue weighted by Gasteiger charge is 2.17. The SMILES string of the molecule is COc1cc(C2CCCNC2)ccc1OC(C)C. The molecule has 0 aromatic heterocycles. The molecule has 1 saturated heterocycles. The number of benzene rings is 1. The molecule has 1 fully saturated rings. The lowest BCUT2D eigenvalue weighted by Crippen LogP contribution is -2.28. The lowest BCUT2D eigenvalue weighted by Gasteiger charge is -2.24. The molecule has 1 N–H and O–H groups in total. The van der Waals surface area contributed by atoms with E-state index in [1.54, 1.807) is 7.11 Å². The highest BCUT2D eigenvalue weighted by Crippen LogP contribution is 2.33. The van der Waals surface area contributed by atoms with Crippen molar-refractivity contribution in [2.24, 2.45) is 0 Å². The molecular formula is C15H23NO2. The second-order valence-electron chi connectivity index (χ2n) is 5.12. The molecule has 3 nitrogen and oxygen atoms in total. The molecule has 1 aromatic rings. The molecule has 0 spiro atoms. The van der Waals surface area contributed by atoms with Crippen molar-refractivity contribution in [3.63, 3.8) is 0 Å². The maximum absolute atomic E-state index is 5.74. The van der Waals surface area contributed by atoms with Crippen molar-refractivity contribution in [1.82, 2.24) is 5.32 Å². The molecule has 3 heteroatoms. The van der Waals surface area contributed by atoms with E-state index in [1.165, 1.54) is 18.4 Å². The fourth-order valence-electron chi connectivity index (χ4n) is 2.43. The summed E-state index contributed by atoms with van der Waals surface area (Å²) >= 11 is 0. The first kappa shape index (κ1) is 13.2. The number of hydrogen-bond donors (Lipinski definition) is 1. The number of piperidine rings is 1. The number of rotatable bonds is 4. The summed E-state index contributed by atoms with van der Waals surface area (Å²) in [5, 5.41) is 3.45. The van der Waals surface area contributed by atoms with Crippen molar-refractivity contribution in [1.29, 1.82) is 0 Å². The van der Waals surface area contributed by atoms with E-state index >= 15 is 0 Å². The van der Waals surface area contributed by atoms with Crippen LogP contribution in [0.3, 0.4) is 0 Å². The Morgan fingerprint density at radius 2 is 2.11 bits per heavy atom. The first-order valence-electron chi connectivity index (χ1n) is 6.76. The molecule has 0 aliphatic carbocycles. The Bertz CT molecular complexity index is 384. The van der Waals surface area contributed by atoms with Crippen molar-refractivity contribution < 1.29 is 9.47 Å². The molecule has 18 heavy (non-hydrogen) atoms. The van der Waals surface area contributed by atoms with Gasteiger partial charge in [-0.05, 0) is 56.8 Å². The van der Waals surface area contributed by atoms with E-state index in [0.717, 1.165) is 24.6 Å². The van der Waals surface area contributed by atoms with Gasteiger partial charge in [0.05, 0.1) is 13.2 Å². The summed E-state index contributed by atoms with van der Waals surface area (Å²) in [7, 11) is 1.70. The van der Waals surface area contributed by atoms with Crippen LogP contribution >= 0.6 is 0 Å². The molecule has 1 aliphatic rings. The lowest BCUT2D eigenvalue weighted by atomic mass is 9.91. The third-order valence-corrected chi connectivity index (χ3v) is 3.32. The summed E-state index contributed by atoms with van der Waals surface area (Å²) in [6.07, 6.45) is 2.67. The van der Waals surface area contributed by atoms with Gasteiger partial charge in [-0.2, -0.15) is 0 Å². The van der Waals surface area contributed by atoms with Gasteiger partial charge >= 0.3 is 0 Å². The van der Waals surface area contributed by atoms with Gasteiger partial charge in [-0.15, -0.1) is 0 Å². The predicted octanol–water partition coefficient (Wildman–Crippen LogP) is 2.95. The van der Waals surface area contributed by atoms with E-state index in [4.69, 9.17) is 9.47 Å². The number of hydrogen-bond acceptors (Lipinski definition) is 3. The fraction of sp³-hybridized carbons (Fsp3) is 0.600. The van der Waals surface area contributed by atoms with Gasteiger partial charge < -0.3 is 14.8 Å². The number of ether oxygens (including phenoxy) is 2. The molecule has 2 rings (SSSR count). The molecular weight excluding hydrogens is 226 g/mol. The summed E-state index contributed by atoms with van der Waals surface area (Å²) in [5.74, 6) is 2.27. The monoisotopic (exact) mass is 249 g/mol. The van der Waals surface area contributed by atoms with Crippen molar-refractivity contribution in [2.45, 2.75) is 38.7 Å². The van der Waals surface area contributed by atoms with Crippen molar-refractivity contribution in [3.8, 4) is 11.5 Å². The van der Waals surface area contributed by atoms with Crippen molar-refractivity contribution >= 4 is 0 Å². The van der Waals surface area contributed by atoms with Gasteiger partial charge in [-0.25, -0.2) is 0 Å². The van der Waals surface area contributed by atoms with Crippen LogP contribution < -0.4 is 14.8 Å². The van der Waals surface area contributed by atoms with E-state index in [2.05, 4.69) is 17.4 Å². The van der Waals surface area contributed by atoms with E-state index in [0.29, 0.717) is 5.92 Å². The van der Waals surface area contributed by atoms with Crippen LogP contribution in [0.15, 0.2) is 18.2 Å². The molecule has 0 saturated carbocycles. The maximum Gasteiger partial charge on any atom is 0.161 e. The quantitative estimate of drug-likeness (QED) is 0.890. The molecule has 1 atom stereocenters. The molecule has 1 unspecified atom stereocenters. The molecule has 0 radical (unpaired) electrons. The highest BCUT2D eigenvalue weighted by molar-refractivity contribution is 5.44. The zero-order valence-electron chi connectivity index (χ0n) is 11.5. The first-order chi connectivity index (χ1) is 8.70. The topological polar surface area (TPSA) is 30.5 Å². The van der Waals surface area contributed by atoms with Crippen LogP contribution in [-0.4, -0.2) is 26.3 Å². The van der Waals surface area contributed by atoms with E-state index in [1.807, 2.05) is 19.9 Å². The third-order valence-electron chi connectivity index (χ3n) is 3.32. The Hall–Kier alpha value is -1.22. The average Bonchev–Trinajstić information content (AvgIpc) is 2.39. The summed E-state index contributed by atoms with van der Waals surface area (Å²) in [6.45, 7) is 6.26. The Morgan fingerprint density at radius 3 is 2.72 bits per heavy atom. The van der Waals surface area contributed by atoms with Gasteiger partial charge in [-0.1, -0.05) is 6.07 Å². The third kappa shape index (κ3) is 3.16. The van der Waals surface area contributed by atoms with Gasteiger partial charge in [0, 0.05) is 6.54 Å². The predicted molar refractivity (Wildman–Crippen MR) is 73.6 cm³/mol. The second-order valence-corrected chi connectivity index (χ2v) is 5.12. The zero-order chi connectivity index (χ0) is 13.0. The summed E-state index contributed by atoms with van der Waals surface area (Å²) in [5.41, 5.74) is 1.34. The smallest absolute Gasteiger partial charge is 0.161 e. The van der Waals surface area contributed by atoms with E-state index in [9.17, 15) is 0 Å². The van der Waals surface area contributed by atoms with Gasteiger partial charge in [0.2, 0.25) is 0 Å². The zero-order valence-corrected chi connectivity index (χ0v) is 11.5. The van der Waals surface area contributed by atoms with Crippen LogP contribution in [0, 0.1) is 0 Å². The average molecular weight is 249 g/mol. The number of methoxy groups -OCH3 is 1. The maximum atomic E-state index is 5.74. The Morgan fingerprint density at radius 1 is 1.28 bits per heavy atom. The van der Waals surface area contributed by atoms with Crippen LogP contribution in [0.5, 0.6) is 11.5 Å². The van der Waals surface area contributed by atoms with E-state index < -0.39 is 0 Å². The Balaban J connectivity index is 2.17.